The Bertz CT molecular complexity index is 949. The number of rotatable bonds is 4. The summed E-state index contributed by atoms with van der Waals surface area (Å²) >= 11 is 0. The summed E-state index contributed by atoms with van der Waals surface area (Å²) in [5, 5.41) is 24.3. The lowest BCUT2D eigenvalue weighted by Crippen LogP contribution is -2.33. The second-order valence-electron chi connectivity index (χ2n) is 7.36. The Balaban J connectivity index is 1.58. The molecule has 2 atom stereocenters. The highest BCUT2D eigenvalue weighted by molar-refractivity contribution is 5.81. The molecule has 0 radical (unpaired) electrons. The molecule has 4 rings (SSSR count). The first-order valence-electron chi connectivity index (χ1n) is 9.39. The van der Waals surface area contributed by atoms with Crippen LogP contribution in [-0.4, -0.2) is 49.2 Å². The van der Waals surface area contributed by atoms with Crippen LogP contribution in [0, 0.1) is 13.8 Å². The third-order valence-electron chi connectivity index (χ3n) is 5.41. The topological polar surface area (TPSA) is 95.0 Å². The molecule has 0 aliphatic carbocycles. The minimum absolute atomic E-state index is 0.0314. The van der Waals surface area contributed by atoms with Gasteiger partial charge in [-0.1, -0.05) is 30.3 Å². The van der Waals surface area contributed by atoms with Crippen molar-refractivity contribution >= 4 is 5.91 Å². The summed E-state index contributed by atoms with van der Waals surface area (Å²) in [5.41, 5.74) is 4.98. The molecule has 2 heterocycles. The van der Waals surface area contributed by atoms with E-state index in [-0.39, 0.29) is 11.9 Å². The number of carbonyl (C=O) groups is 1. The van der Waals surface area contributed by atoms with Crippen LogP contribution >= 0.6 is 0 Å². The summed E-state index contributed by atoms with van der Waals surface area (Å²) in [6, 6.07) is 13.8. The van der Waals surface area contributed by atoms with Gasteiger partial charge in [0.2, 0.25) is 11.7 Å². The first-order chi connectivity index (χ1) is 13.5. The highest BCUT2D eigenvalue weighted by Gasteiger charge is 2.35. The zero-order chi connectivity index (χ0) is 19.7. The minimum Gasteiger partial charge on any atom is -0.391 e. The summed E-state index contributed by atoms with van der Waals surface area (Å²) in [4.78, 5) is 14.9. The SMILES string of the molecule is Cc1cc(-c2nn[nH]n2)cc(C)c1CC(=O)N1CC(O)CC1c1ccccc1. The van der Waals surface area contributed by atoms with E-state index in [1.54, 1.807) is 0 Å². The molecule has 28 heavy (non-hydrogen) atoms. The van der Waals surface area contributed by atoms with E-state index < -0.39 is 6.10 Å². The third-order valence-corrected chi connectivity index (χ3v) is 5.41. The second kappa shape index (κ2) is 7.52. The van der Waals surface area contributed by atoms with Gasteiger partial charge in [-0.3, -0.25) is 4.79 Å². The maximum atomic E-state index is 13.1. The lowest BCUT2D eigenvalue weighted by Gasteiger charge is -2.25. The Labute approximate surface area is 163 Å². The number of likely N-dealkylation sites (tertiary alicyclic amines) is 1. The zero-order valence-corrected chi connectivity index (χ0v) is 16.0. The number of aliphatic hydroxyl groups is 1. The molecule has 2 unspecified atom stereocenters. The number of aryl methyl sites for hydroxylation is 2. The van der Waals surface area contributed by atoms with E-state index in [1.165, 1.54) is 0 Å². The van der Waals surface area contributed by atoms with Crippen LogP contribution in [0.15, 0.2) is 42.5 Å². The van der Waals surface area contributed by atoms with Gasteiger partial charge in [0.15, 0.2) is 0 Å². The second-order valence-corrected chi connectivity index (χ2v) is 7.36. The fourth-order valence-electron chi connectivity index (χ4n) is 4.02. The van der Waals surface area contributed by atoms with E-state index in [2.05, 4.69) is 20.6 Å². The largest absolute Gasteiger partial charge is 0.391 e. The Morgan fingerprint density at radius 1 is 1.21 bits per heavy atom. The summed E-state index contributed by atoms with van der Waals surface area (Å²) in [6.45, 7) is 4.36. The molecule has 0 bridgehead atoms. The maximum absolute atomic E-state index is 13.1. The van der Waals surface area contributed by atoms with Gasteiger partial charge in [0.05, 0.1) is 18.6 Å². The molecule has 7 nitrogen and oxygen atoms in total. The monoisotopic (exact) mass is 377 g/mol. The zero-order valence-electron chi connectivity index (χ0n) is 16.0. The Morgan fingerprint density at radius 2 is 1.93 bits per heavy atom. The number of aromatic amines is 1. The number of nitrogens with zero attached hydrogens (tertiary/aromatic N) is 4. The smallest absolute Gasteiger partial charge is 0.227 e. The van der Waals surface area contributed by atoms with Crippen molar-refractivity contribution in [2.45, 2.75) is 38.8 Å². The molecule has 3 aromatic rings. The predicted octanol–water partition coefficient (Wildman–Crippen LogP) is 2.36. The van der Waals surface area contributed by atoms with Crippen LogP contribution in [0.5, 0.6) is 0 Å². The molecule has 1 aromatic heterocycles. The molecule has 7 heteroatoms. The number of hydrogen-bond donors (Lipinski definition) is 2. The molecule has 144 valence electrons. The number of aromatic nitrogens is 4. The minimum atomic E-state index is -0.489. The third kappa shape index (κ3) is 3.53. The number of nitrogens with one attached hydrogen (secondary N) is 1. The molecule has 1 amide bonds. The normalized spacial score (nSPS) is 19.2. The summed E-state index contributed by atoms with van der Waals surface area (Å²) in [6.07, 6.45) is 0.391. The highest BCUT2D eigenvalue weighted by atomic mass is 16.3. The van der Waals surface area contributed by atoms with Gasteiger partial charge in [0, 0.05) is 12.1 Å². The van der Waals surface area contributed by atoms with Crippen LogP contribution in [0.1, 0.15) is 34.7 Å². The average Bonchev–Trinajstić information content (AvgIpc) is 3.35. The quantitative estimate of drug-likeness (QED) is 0.728. The molecule has 1 saturated heterocycles. The molecule has 0 saturated carbocycles. The van der Waals surface area contributed by atoms with Gasteiger partial charge in [-0.05, 0) is 59.9 Å². The summed E-state index contributed by atoms with van der Waals surface area (Å²) in [7, 11) is 0. The van der Waals surface area contributed by atoms with Gasteiger partial charge in [0.1, 0.15) is 0 Å². The number of H-pyrrole nitrogens is 1. The molecule has 2 N–H and O–H groups in total. The van der Waals surface area contributed by atoms with E-state index in [0.717, 1.165) is 27.8 Å². The van der Waals surface area contributed by atoms with Gasteiger partial charge in [0.25, 0.3) is 0 Å². The van der Waals surface area contributed by atoms with Gasteiger partial charge >= 0.3 is 0 Å². The molecular weight excluding hydrogens is 354 g/mol. The van der Waals surface area contributed by atoms with Crippen molar-refractivity contribution in [2.75, 3.05) is 6.54 Å². The van der Waals surface area contributed by atoms with E-state index in [4.69, 9.17) is 0 Å². The number of aliphatic hydroxyl groups excluding tert-OH is 1. The van der Waals surface area contributed by atoms with Crippen LogP contribution in [0.25, 0.3) is 11.4 Å². The van der Waals surface area contributed by atoms with Crippen LogP contribution in [0.4, 0.5) is 0 Å². The molecular formula is C21H23N5O2. The van der Waals surface area contributed by atoms with Crippen molar-refractivity contribution in [1.82, 2.24) is 25.5 Å². The molecule has 2 aromatic carbocycles. The van der Waals surface area contributed by atoms with Gasteiger partial charge in [-0.25, -0.2) is 0 Å². The molecule has 1 aliphatic rings. The van der Waals surface area contributed by atoms with Crippen LogP contribution in [0.2, 0.25) is 0 Å². The fourth-order valence-corrected chi connectivity index (χ4v) is 4.02. The number of β-amino-alcohol motifs (C(OH)–C–C–N with tert-alkyl or cyclic N) is 1. The predicted molar refractivity (Wildman–Crippen MR) is 104 cm³/mol. The number of benzene rings is 2. The van der Waals surface area contributed by atoms with Gasteiger partial charge < -0.3 is 10.0 Å². The van der Waals surface area contributed by atoms with Gasteiger partial charge in [-0.15, -0.1) is 10.2 Å². The lowest BCUT2D eigenvalue weighted by molar-refractivity contribution is -0.131. The molecule has 1 aliphatic heterocycles. The van der Waals surface area contributed by atoms with Crippen molar-refractivity contribution < 1.29 is 9.90 Å². The number of amides is 1. The number of hydrogen-bond acceptors (Lipinski definition) is 5. The first kappa shape index (κ1) is 18.3. The van der Waals surface area contributed by atoms with Gasteiger partial charge in [-0.2, -0.15) is 5.21 Å². The summed E-state index contributed by atoms with van der Waals surface area (Å²) < 4.78 is 0. The van der Waals surface area contributed by atoms with Crippen molar-refractivity contribution in [2.24, 2.45) is 0 Å². The van der Waals surface area contributed by atoms with Crippen LogP contribution in [-0.2, 0) is 11.2 Å². The Hall–Kier alpha value is -3.06. The Morgan fingerprint density at radius 3 is 2.57 bits per heavy atom. The lowest BCUT2D eigenvalue weighted by atomic mass is 9.96. The van der Waals surface area contributed by atoms with Crippen molar-refractivity contribution in [3.63, 3.8) is 0 Å². The van der Waals surface area contributed by atoms with E-state index in [9.17, 15) is 9.90 Å². The molecule has 1 fully saturated rings. The van der Waals surface area contributed by atoms with E-state index in [0.29, 0.717) is 25.2 Å². The first-order valence-corrected chi connectivity index (χ1v) is 9.39. The average molecular weight is 377 g/mol. The van der Waals surface area contributed by atoms with Crippen molar-refractivity contribution in [1.29, 1.82) is 0 Å². The summed E-state index contributed by atoms with van der Waals surface area (Å²) in [5.74, 6) is 0.569. The van der Waals surface area contributed by atoms with E-state index >= 15 is 0 Å². The van der Waals surface area contributed by atoms with Crippen LogP contribution in [0.3, 0.4) is 0 Å². The Kier molecular flexibility index (Phi) is 4.92. The fraction of sp³-hybridized carbons (Fsp3) is 0.333. The van der Waals surface area contributed by atoms with E-state index in [1.807, 2.05) is 61.2 Å². The standard InChI is InChI=1S/C21H23N5O2/c1-13-8-16(21-22-24-25-23-21)9-14(2)18(13)11-20(28)26-12-17(27)10-19(26)15-6-4-3-5-7-15/h3-9,17,19,27H,10-12H2,1-2H3,(H,22,23,24,25). The maximum Gasteiger partial charge on any atom is 0.227 e. The van der Waals surface area contributed by atoms with Crippen LogP contribution < -0.4 is 0 Å². The number of tetrazole rings is 1. The van der Waals surface area contributed by atoms with Crippen molar-refractivity contribution in [3.8, 4) is 11.4 Å². The molecule has 0 spiro atoms. The highest BCUT2D eigenvalue weighted by Crippen LogP contribution is 2.33. The number of carbonyl (C=O) groups excluding carboxylic acids is 1. The van der Waals surface area contributed by atoms with Crippen molar-refractivity contribution in [3.05, 3.63) is 64.7 Å².